The molecule has 7 heteroatoms. The van der Waals surface area contributed by atoms with E-state index >= 15 is 0 Å². The predicted octanol–water partition coefficient (Wildman–Crippen LogP) is 6.05. The predicted molar refractivity (Wildman–Crippen MR) is 151 cm³/mol. The van der Waals surface area contributed by atoms with Gasteiger partial charge in [-0.2, -0.15) is 5.10 Å². The quantitative estimate of drug-likeness (QED) is 0.467. The first-order chi connectivity index (χ1) is 17.9. The minimum absolute atomic E-state index is 0.0141. The van der Waals surface area contributed by atoms with E-state index in [0.717, 1.165) is 54.0 Å². The number of aryl methyl sites for hydroxylation is 1. The van der Waals surface area contributed by atoms with Crippen LogP contribution in [0.4, 0.5) is 10.6 Å². The summed E-state index contributed by atoms with van der Waals surface area (Å²) in [5.41, 5.74) is 2.65. The molecule has 2 aromatic rings. The number of nitrogens with one attached hydrogen (secondary N) is 2. The number of carbonyl (C=O) groups is 2. The number of urea groups is 1. The van der Waals surface area contributed by atoms with E-state index in [1.165, 1.54) is 19.3 Å². The molecule has 4 saturated carbocycles. The second-order valence-electron chi connectivity index (χ2n) is 13.8. The first-order valence-corrected chi connectivity index (χ1v) is 14.4. The molecule has 0 radical (unpaired) electrons. The average molecular weight is 520 g/mol. The Hall–Kier alpha value is -2.83. The van der Waals surface area contributed by atoms with Crippen LogP contribution in [0.2, 0.25) is 0 Å². The van der Waals surface area contributed by atoms with Gasteiger partial charge in [-0.3, -0.25) is 4.79 Å². The highest BCUT2D eigenvalue weighted by Gasteiger charge is 2.51. The van der Waals surface area contributed by atoms with Crippen molar-refractivity contribution in [2.24, 2.45) is 23.7 Å². The largest absolute Gasteiger partial charge is 0.333 e. The molecule has 0 spiro atoms. The molecule has 7 nitrogen and oxygen atoms in total. The molecule has 1 aromatic heterocycles. The molecule has 0 unspecified atom stereocenters. The van der Waals surface area contributed by atoms with E-state index in [1.807, 2.05) is 41.9 Å². The van der Waals surface area contributed by atoms with E-state index < -0.39 is 0 Å². The van der Waals surface area contributed by atoms with Crippen molar-refractivity contribution in [2.75, 3.05) is 18.4 Å². The molecule has 1 aromatic carbocycles. The second-order valence-corrected chi connectivity index (χ2v) is 13.8. The van der Waals surface area contributed by atoms with E-state index in [1.54, 1.807) is 4.90 Å². The third-order valence-corrected chi connectivity index (χ3v) is 8.71. The number of anilines is 1. The Morgan fingerprint density at radius 1 is 1.08 bits per heavy atom. The van der Waals surface area contributed by atoms with Crippen molar-refractivity contribution in [3.05, 3.63) is 41.6 Å². The monoisotopic (exact) mass is 519 g/mol. The van der Waals surface area contributed by atoms with Crippen molar-refractivity contribution in [3.8, 4) is 5.69 Å². The van der Waals surface area contributed by atoms with Crippen LogP contribution in [0.25, 0.3) is 5.69 Å². The molecular weight excluding hydrogens is 474 g/mol. The van der Waals surface area contributed by atoms with Gasteiger partial charge in [-0.25, -0.2) is 9.48 Å². The minimum atomic E-state index is -0.207. The lowest BCUT2D eigenvalue weighted by Gasteiger charge is -2.57. The highest BCUT2D eigenvalue weighted by Crippen LogP contribution is 2.55. The van der Waals surface area contributed by atoms with E-state index in [-0.39, 0.29) is 35.4 Å². The lowest BCUT2D eigenvalue weighted by Crippen LogP contribution is -2.62. The number of aromatic nitrogens is 2. The van der Waals surface area contributed by atoms with Crippen molar-refractivity contribution in [3.63, 3.8) is 0 Å². The third-order valence-electron chi connectivity index (χ3n) is 8.71. The van der Waals surface area contributed by atoms with E-state index in [2.05, 4.69) is 45.3 Å². The van der Waals surface area contributed by atoms with Gasteiger partial charge in [-0.05, 0) is 80.8 Å². The summed E-state index contributed by atoms with van der Waals surface area (Å²) in [5.74, 6) is 2.93. The molecule has 6 rings (SSSR count). The molecular formula is C31H45N5O2. The molecule has 0 aliphatic heterocycles. The van der Waals surface area contributed by atoms with Crippen molar-refractivity contribution in [2.45, 2.75) is 91.0 Å². The normalized spacial score (nSPS) is 26.0. The van der Waals surface area contributed by atoms with Crippen LogP contribution in [-0.4, -0.2) is 45.2 Å². The van der Waals surface area contributed by atoms with Gasteiger partial charge in [0.1, 0.15) is 12.4 Å². The molecule has 2 N–H and O–H groups in total. The zero-order valence-corrected chi connectivity index (χ0v) is 24.0. The fourth-order valence-electron chi connectivity index (χ4n) is 7.41. The number of carbonyl (C=O) groups excluding carboxylic acids is 2. The topological polar surface area (TPSA) is 79.3 Å². The van der Waals surface area contributed by atoms with Crippen LogP contribution in [0, 0.1) is 30.6 Å². The first kappa shape index (κ1) is 26.8. The zero-order valence-electron chi connectivity index (χ0n) is 24.0. The number of benzene rings is 1. The maximum Gasteiger partial charge on any atom is 0.318 e. The average Bonchev–Trinajstić information content (AvgIpc) is 3.21. The summed E-state index contributed by atoms with van der Waals surface area (Å²) >= 11 is 0. The highest BCUT2D eigenvalue weighted by molar-refractivity contribution is 5.94. The molecule has 4 fully saturated rings. The number of hydrogen-bond acceptors (Lipinski definition) is 3. The summed E-state index contributed by atoms with van der Waals surface area (Å²) < 4.78 is 1.82. The number of hydrogen-bond donors (Lipinski definition) is 2. The summed E-state index contributed by atoms with van der Waals surface area (Å²) in [7, 11) is 0. The SMILES string of the molecule is Cc1ccccc1-n1nc(C(C)(C)C)cc1NC(=O)CN(CC(C)C)C(=O)NC12CC3CC(CC(C3)C1)C2. The fourth-order valence-corrected chi connectivity index (χ4v) is 7.41. The van der Waals surface area contributed by atoms with Crippen LogP contribution in [0.3, 0.4) is 0 Å². The van der Waals surface area contributed by atoms with Gasteiger partial charge in [-0.15, -0.1) is 0 Å². The van der Waals surface area contributed by atoms with Gasteiger partial charge in [-0.1, -0.05) is 52.8 Å². The fraction of sp³-hybridized carbons (Fsp3) is 0.645. The van der Waals surface area contributed by atoms with Crippen LogP contribution >= 0.6 is 0 Å². The van der Waals surface area contributed by atoms with Crippen molar-refractivity contribution in [1.29, 1.82) is 0 Å². The van der Waals surface area contributed by atoms with Crippen LogP contribution in [0.5, 0.6) is 0 Å². The van der Waals surface area contributed by atoms with Crippen molar-refractivity contribution >= 4 is 17.8 Å². The second kappa shape index (κ2) is 10.0. The number of amides is 3. The smallest absolute Gasteiger partial charge is 0.318 e. The first-order valence-electron chi connectivity index (χ1n) is 14.4. The lowest BCUT2D eigenvalue weighted by molar-refractivity contribution is -0.117. The van der Waals surface area contributed by atoms with Crippen molar-refractivity contribution < 1.29 is 9.59 Å². The molecule has 1 heterocycles. The Morgan fingerprint density at radius 3 is 2.24 bits per heavy atom. The Labute approximate surface area is 227 Å². The number of para-hydroxylation sites is 1. The molecule has 4 bridgehead atoms. The summed E-state index contributed by atoms with van der Waals surface area (Å²) in [6.07, 6.45) is 7.28. The molecule has 206 valence electrons. The van der Waals surface area contributed by atoms with Crippen LogP contribution in [-0.2, 0) is 10.2 Å². The standard InChI is InChI=1S/C31H45N5O2/c1-20(2)18-35(29(38)33-31-15-22-11-23(16-31)13-24(12-22)17-31)19-28(37)32-27-14-26(30(4,5)6)34-36(27)25-10-8-7-9-21(25)3/h7-10,14,20,22-24H,11-13,15-19H2,1-6H3,(H,32,37)(H,33,38). The maximum absolute atomic E-state index is 13.6. The van der Waals surface area contributed by atoms with Gasteiger partial charge in [0.05, 0.1) is 11.4 Å². The van der Waals surface area contributed by atoms with Gasteiger partial charge in [0.2, 0.25) is 5.91 Å². The van der Waals surface area contributed by atoms with Gasteiger partial charge in [0.25, 0.3) is 0 Å². The molecule has 4 aliphatic rings. The van der Waals surface area contributed by atoms with Crippen molar-refractivity contribution in [1.82, 2.24) is 20.0 Å². The van der Waals surface area contributed by atoms with Gasteiger partial charge in [0.15, 0.2) is 0 Å². The Morgan fingerprint density at radius 2 is 1.68 bits per heavy atom. The number of rotatable bonds is 7. The van der Waals surface area contributed by atoms with Gasteiger partial charge in [0, 0.05) is 23.6 Å². The highest BCUT2D eigenvalue weighted by atomic mass is 16.2. The molecule has 38 heavy (non-hydrogen) atoms. The molecule has 0 saturated heterocycles. The Bertz CT molecular complexity index is 1160. The van der Waals surface area contributed by atoms with E-state index in [9.17, 15) is 9.59 Å². The van der Waals surface area contributed by atoms with Gasteiger partial charge < -0.3 is 15.5 Å². The van der Waals surface area contributed by atoms with E-state index in [0.29, 0.717) is 12.4 Å². The number of nitrogens with zero attached hydrogens (tertiary/aromatic N) is 3. The minimum Gasteiger partial charge on any atom is -0.333 e. The zero-order chi connectivity index (χ0) is 27.2. The lowest BCUT2D eigenvalue weighted by atomic mass is 9.53. The summed E-state index contributed by atoms with van der Waals surface area (Å²) in [4.78, 5) is 28.8. The van der Waals surface area contributed by atoms with Crippen LogP contribution < -0.4 is 10.6 Å². The molecule has 0 atom stereocenters. The maximum atomic E-state index is 13.6. The summed E-state index contributed by atoms with van der Waals surface area (Å²) in [6.45, 7) is 13.1. The Kier molecular flexibility index (Phi) is 7.08. The molecule has 3 amide bonds. The van der Waals surface area contributed by atoms with Gasteiger partial charge >= 0.3 is 6.03 Å². The van der Waals surface area contributed by atoms with Crippen LogP contribution in [0.1, 0.15) is 84.4 Å². The molecule has 4 aliphatic carbocycles. The third kappa shape index (κ3) is 5.62. The summed E-state index contributed by atoms with van der Waals surface area (Å²) in [5, 5.41) is 11.4. The Balaban J connectivity index is 1.33. The van der Waals surface area contributed by atoms with Crippen LogP contribution in [0.15, 0.2) is 30.3 Å². The summed E-state index contributed by atoms with van der Waals surface area (Å²) in [6, 6.07) is 9.88. The van der Waals surface area contributed by atoms with E-state index in [4.69, 9.17) is 5.10 Å².